The zero-order chi connectivity index (χ0) is 14.4. The van der Waals surface area contributed by atoms with Crippen LogP contribution < -0.4 is 0 Å². The summed E-state index contributed by atoms with van der Waals surface area (Å²) in [5.41, 5.74) is 5.32. The van der Waals surface area contributed by atoms with Gasteiger partial charge in [0.05, 0.1) is 0 Å². The van der Waals surface area contributed by atoms with Gasteiger partial charge in [-0.05, 0) is 52.6 Å². The third kappa shape index (κ3) is 1.97. The van der Waals surface area contributed by atoms with Crippen LogP contribution in [-0.4, -0.2) is 10.1 Å². The number of fused-ring (bicyclic) bond motifs is 3. The van der Waals surface area contributed by atoms with Crippen molar-refractivity contribution in [3.63, 3.8) is 0 Å². The van der Waals surface area contributed by atoms with Crippen LogP contribution in [0.2, 0.25) is 0 Å². The summed E-state index contributed by atoms with van der Waals surface area (Å²) >= 11 is 1.63. The number of aromatic amines is 1. The largest absolute Gasteiger partial charge is 0.384 e. The Labute approximate surface area is 126 Å². The average molecular weight is 293 g/mol. The highest BCUT2D eigenvalue weighted by atomic mass is 32.1. The molecule has 0 amide bonds. The maximum atomic E-state index is 10.6. The van der Waals surface area contributed by atoms with Gasteiger partial charge in [-0.2, -0.15) is 11.3 Å². The van der Waals surface area contributed by atoms with E-state index in [9.17, 15) is 5.11 Å². The molecule has 4 rings (SSSR count). The van der Waals surface area contributed by atoms with Gasteiger partial charge in [0.15, 0.2) is 0 Å². The Morgan fingerprint density at radius 3 is 2.62 bits per heavy atom. The van der Waals surface area contributed by atoms with Crippen LogP contribution in [0.15, 0.2) is 53.2 Å². The molecule has 2 aromatic carbocycles. The fraction of sp³-hybridized carbons (Fsp3) is 0.111. The molecule has 0 saturated heterocycles. The molecule has 0 fully saturated rings. The number of para-hydroxylation sites is 1. The molecule has 0 aliphatic heterocycles. The summed E-state index contributed by atoms with van der Waals surface area (Å²) < 4.78 is 0. The molecule has 0 spiro atoms. The van der Waals surface area contributed by atoms with Crippen LogP contribution in [0.4, 0.5) is 0 Å². The standard InChI is InChI=1S/C18H15NOS/c1-11-9-21-10-15(11)18(20)12-6-7-17-14(8-12)13-4-2-3-5-16(13)19-17/h2-10,18-20H,1H3. The molecule has 2 N–H and O–H groups in total. The van der Waals surface area contributed by atoms with Gasteiger partial charge < -0.3 is 10.1 Å². The van der Waals surface area contributed by atoms with Gasteiger partial charge in [-0.25, -0.2) is 0 Å². The highest BCUT2D eigenvalue weighted by Gasteiger charge is 2.15. The third-order valence-electron chi connectivity index (χ3n) is 4.04. The molecule has 21 heavy (non-hydrogen) atoms. The van der Waals surface area contributed by atoms with Gasteiger partial charge in [0.1, 0.15) is 6.10 Å². The number of aromatic nitrogens is 1. The fourth-order valence-electron chi connectivity index (χ4n) is 2.87. The number of nitrogens with one attached hydrogen (secondary N) is 1. The van der Waals surface area contributed by atoms with Crippen molar-refractivity contribution in [2.75, 3.05) is 0 Å². The van der Waals surface area contributed by atoms with Crippen LogP contribution in [0.5, 0.6) is 0 Å². The Morgan fingerprint density at radius 2 is 1.81 bits per heavy atom. The highest BCUT2D eigenvalue weighted by molar-refractivity contribution is 7.08. The minimum Gasteiger partial charge on any atom is -0.384 e. The van der Waals surface area contributed by atoms with E-state index >= 15 is 0 Å². The smallest absolute Gasteiger partial charge is 0.105 e. The van der Waals surface area contributed by atoms with Crippen molar-refractivity contribution < 1.29 is 5.11 Å². The lowest BCUT2D eigenvalue weighted by molar-refractivity contribution is 0.220. The van der Waals surface area contributed by atoms with E-state index in [0.29, 0.717) is 0 Å². The van der Waals surface area contributed by atoms with E-state index in [2.05, 4.69) is 34.6 Å². The monoisotopic (exact) mass is 293 g/mol. The molecule has 3 heteroatoms. The molecule has 0 saturated carbocycles. The molecule has 2 aromatic heterocycles. The SMILES string of the molecule is Cc1cscc1C(O)c1ccc2[nH]c3ccccc3c2c1. The number of benzene rings is 2. The van der Waals surface area contributed by atoms with Crippen LogP contribution in [0.25, 0.3) is 21.8 Å². The van der Waals surface area contributed by atoms with Crippen molar-refractivity contribution in [1.29, 1.82) is 0 Å². The molecule has 2 heterocycles. The van der Waals surface area contributed by atoms with Gasteiger partial charge in [0, 0.05) is 21.8 Å². The number of thiophene rings is 1. The predicted molar refractivity (Wildman–Crippen MR) is 88.9 cm³/mol. The Hall–Kier alpha value is -2.10. The summed E-state index contributed by atoms with van der Waals surface area (Å²) in [5.74, 6) is 0. The van der Waals surface area contributed by atoms with Crippen LogP contribution in [-0.2, 0) is 0 Å². The lowest BCUT2D eigenvalue weighted by atomic mass is 9.99. The molecule has 104 valence electrons. The Balaban J connectivity index is 1.90. The van der Waals surface area contributed by atoms with Crippen LogP contribution in [0.1, 0.15) is 22.8 Å². The summed E-state index contributed by atoms with van der Waals surface area (Å²) in [7, 11) is 0. The van der Waals surface area contributed by atoms with Gasteiger partial charge in [-0.15, -0.1) is 0 Å². The lowest BCUT2D eigenvalue weighted by Gasteiger charge is -2.11. The third-order valence-corrected chi connectivity index (χ3v) is 4.92. The Morgan fingerprint density at radius 1 is 1.00 bits per heavy atom. The van der Waals surface area contributed by atoms with Gasteiger partial charge in [0.2, 0.25) is 0 Å². The van der Waals surface area contributed by atoms with Crippen molar-refractivity contribution in [2.45, 2.75) is 13.0 Å². The molecular formula is C18H15NOS. The summed E-state index contributed by atoms with van der Waals surface area (Å²) in [6, 6.07) is 14.4. The molecular weight excluding hydrogens is 278 g/mol. The lowest BCUT2D eigenvalue weighted by Crippen LogP contribution is -1.99. The quantitative estimate of drug-likeness (QED) is 0.548. The van der Waals surface area contributed by atoms with E-state index in [-0.39, 0.29) is 0 Å². The zero-order valence-electron chi connectivity index (χ0n) is 11.6. The first kappa shape index (κ1) is 12.6. The second-order valence-electron chi connectivity index (χ2n) is 5.39. The van der Waals surface area contributed by atoms with Gasteiger partial charge in [-0.1, -0.05) is 24.3 Å². The molecule has 0 radical (unpaired) electrons. The molecule has 0 bridgehead atoms. The number of aliphatic hydroxyl groups excluding tert-OH is 1. The maximum Gasteiger partial charge on any atom is 0.105 e. The second-order valence-corrected chi connectivity index (χ2v) is 6.13. The minimum absolute atomic E-state index is 0.561. The van der Waals surface area contributed by atoms with E-state index in [0.717, 1.165) is 33.1 Å². The number of H-pyrrole nitrogens is 1. The van der Waals surface area contributed by atoms with Crippen molar-refractivity contribution in [2.24, 2.45) is 0 Å². The van der Waals surface area contributed by atoms with Crippen LogP contribution in [0, 0.1) is 6.92 Å². The fourth-order valence-corrected chi connectivity index (χ4v) is 3.74. The normalized spacial score (nSPS) is 13.0. The second kappa shape index (κ2) is 4.72. The number of rotatable bonds is 2. The van der Waals surface area contributed by atoms with Gasteiger partial charge >= 0.3 is 0 Å². The molecule has 0 aliphatic rings. The zero-order valence-corrected chi connectivity index (χ0v) is 12.4. The van der Waals surface area contributed by atoms with Gasteiger partial charge in [0.25, 0.3) is 0 Å². The summed E-state index contributed by atoms with van der Waals surface area (Å²) in [6.45, 7) is 2.04. The molecule has 2 nitrogen and oxygen atoms in total. The van der Waals surface area contributed by atoms with E-state index in [1.807, 2.05) is 30.5 Å². The van der Waals surface area contributed by atoms with Crippen molar-refractivity contribution in [3.05, 3.63) is 69.9 Å². The first-order valence-electron chi connectivity index (χ1n) is 6.95. The van der Waals surface area contributed by atoms with E-state index in [1.54, 1.807) is 11.3 Å². The summed E-state index contributed by atoms with van der Waals surface area (Å²) in [5, 5.41) is 17.1. The average Bonchev–Trinajstić information content (AvgIpc) is 3.09. The van der Waals surface area contributed by atoms with Crippen molar-refractivity contribution in [3.8, 4) is 0 Å². The number of aliphatic hydroxyl groups is 1. The number of hydrogen-bond acceptors (Lipinski definition) is 2. The summed E-state index contributed by atoms with van der Waals surface area (Å²) in [4.78, 5) is 3.41. The molecule has 1 atom stereocenters. The van der Waals surface area contributed by atoms with Crippen LogP contribution >= 0.6 is 11.3 Å². The van der Waals surface area contributed by atoms with E-state index in [1.165, 1.54) is 5.39 Å². The Bertz CT molecular complexity index is 935. The maximum absolute atomic E-state index is 10.6. The Kier molecular flexibility index (Phi) is 2.84. The highest BCUT2D eigenvalue weighted by Crippen LogP contribution is 2.32. The van der Waals surface area contributed by atoms with Gasteiger partial charge in [-0.3, -0.25) is 0 Å². The summed E-state index contributed by atoms with van der Waals surface area (Å²) in [6.07, 6.45) is -0.561. The first-order valence-corrected chi connectivity index (χ1v) is 7.89. The molecule has 0 aliphatic carbocycles. The minimum atomic E-state index is -0.561. The van der Waals surface area contributed by atoms with Crippen molar-refractivity contribution >= 4 is 33.1 Å². The topological polar surface area (TPSA) is 36.0 Å². The molecule has 4 aromatic rings. The van der Waals surface area contributed by atoms with Crippen LogP contribution in [0.3, 0.4) is 0 Å². The first-order chi connectivity index (χ1) is 10.2. The van der Waals surface area contributed by atoms with E-state index < -0.39 is 6.10 Å². The number of hydrogen-bond donors (Lipinski definition) is 2. The number of aryl methyl sites for hydroxylation is 1. The molecule has 1 unspecified atom stereocenters. The predicted octanol–water partition coefficient (Wildman–Crippen LogP) is 4.77. The van der Waals surface area contributed by atoms with E-state index in [4.69, 9.17) is 0 Å². The van der Waals surface area contributed by atoms with Crippen molar-refractivity contribution in [1.82, 2.24) is 4.98 Å².